The van der Waals surface area contributed by atoms with Crippen molar-refractivity contribution in [1.29, 1.82) is 0 Å². The minimum absolute atomic E-state index is 0.0145. The van der Waals surface area contributed by atoms with Gasteiger partial charge in [0.05, 0.1) is 18.9 Å². The number of sulfonamides is 1. The summed E-state index contributed by atoms with van der Waals surface area (Å²) in [6.07, 6.45) is 0. The number of hydrogen-bond donors (Lipinski definition) is 0. The molecule has 0 amide bonds. The first-order valence-electron chi connectivity index (χ1n) is 9.09. The van der Waals surface area contributed by atoms with E-state index in [1.165, 1.54) is 17.3 Å². The highest BCUT2D eigenvalue weighted by atomic mass is 32.2. The maximum atomic E-state index is 13.4. The molecule has 6 nitrogen and oxygen atoms in total. The Balaban J connectivity index is 1.39. The Morgan fingerprint density at radius 2 is 1.85 bits per heavy atom. The van der Waals surface area contributed by atoms with Gasteiger partial charge < -0.3 is 9.64 Å². The molecule has 4 rings (SSSR count). The highest BCUT2D eigenvalue weighted by Crippen LogP contribution is 2.44. The first-order chi connectivity index (χ1) is 12.4. The van der Waals surface area contributed by atoms with Crippen molar-refractivity contribution in [2.75, 3.05) is 45.9 Å². The predicted octanol–water partition coefficient (Wildman–Crippen LogP) is 1.84. The van der Waals surface area contributed by atoms with Crippen LogP contribution in [-0.2, 0) is 20.7 Å². The van der Waals surface area contributed by atoms with Crippen LogP contribution in [0.5, 0.6) is 0 Å². The van der Waals surface area contributed by atoms with E-state index in [1.54, 1.807) is 0 Å². The van der Waals surface area contributed by atoms with Gasteiger partial charge in [-0.05, 0) is 19.1 Å². The molecule has 27 heavy (non-hydrogen) atoms. The van der Waals surface area contributed by atoms with Gasteiger partial charge in [-0.15, -0.1) is 0 Å². The van der Waals surface area contributed by atoms with E-state index in [9.17, 15) is 17.2 Å². The van der Waals surface area contributed by atoms with Gasteiger partial charge in [0.25, 0.3) is 5.92 Å². The van der Waals surface area contributed by atoms with E-state index in [4.69, 9.17) is 4.74 Å². The SMILES string of the molecule is Cc1nc(C(C)(F)F)ccc1S(=O)(=O)N1CC2(CN(CC3(C)COC3)C2)C1. The zero-order chi connectivity index (χ0) is 19.7. The number of ether oxygens (including phenoxy) is 1. The lowest BCUT2D eigenvalue weighted by atomic mass is 9.73. The van der Waals surface area contributed by atoms with Crippen LogP contribution in [0.2, 0.25) is 0 Å². The molecule has 3 saturated heterocycles. The van der Waals surface area contributed by atoms with Crippen molar-refractivity contribution < 1.29 is 21.9 Å². The number of hydrogen-bond acceptors (Lipinski definition) is 5. The fourth-order valence-corrected chi connectivity index (χ4v) is 6.20. The summed E-state index contributed by atoms with van der Waals surface area (Å²) in [4.78, 5) is 6.19. The summed E-state index contributed by atoms with van der Waals surface area (Å²) < 4.78 is 59.2. The van der Waals surface area contributed by atoms with Gasteiger partial charge in [-0.3, -0.25) is 4.98 Å². The van der Waals surface area contributed by atoms with Crippen molar-refractivity contribution in [1.82, 2.24) is 14.2 Å². The Labute approximate surface area is 158 Å². The van der Waals surface area contributed by atoms with E-state index in [2.05, 4.69) is 16.8 Å². The molecule has 3 fully saturated rings. The van der Waals surface area contributed by atoms with E-state index in [0.29, 0.717) is 13.1 Å². The molecule has 1 spiro atoms. The Morgan fingerprint density at radius 3 is 2.33 bits per heavy atom. The second-order valence-corrected chi connectivity index (χ2v) is 10.8. The van der Waals surface area contributed by atoms with Crippen LogP contribution in [0.1, 0.15) is 25.2 Å². The molecule has 150 valence electrons. The molecule has 3 aliphatic heterocycles. The van der Waals surface area contributed by atoms with Crippen LogP contribution in [0.3, 0.4) is 0 Å². The monoisotopic (exact) mass is 401 g/mol. The van der Waals surface area contributed by atoms with E-state index in [1.807, 2.05) is 0 Å². The topological polar surface area (TPSA) is 62.7 Å². The maximum absolute atomic E-state index is 13.4. The van der Waals surface area contributed by atoms with Crippen molar-refractivity contribution in [2.45, 2.75) is 31.6 Å². The molecule has 0 radical (unpaired) electrons. The molecule has 0 atom stereocenters. The summed E-state index contributed by atoms with van der Waals surface area (Å²) in [5.41, 5.74) is -0.0420. The minimum atomic E-state index is -3.70. The predicted molar refractivity (Wildman–Crippen MR) is 95.1 cm³/mol. The van der Waals surface area contributed by atoms with Gasteiger partial charge in [-0.2, -0.15) is 13.1 Å². The Morgan fingerprint density at radius 1 is 1.22 bits per heavy atom. The molecule has 4 heterocycles. The van der Waals surface area contributed by atoms with Crippen LogP contribution in [0.25, 0.3) is 0 Å². The van der Waals surface area contributed by atoms with Gasteiger partial charge in [-0.1, -0.05) is 6.92 Å². The summed E-state index contributed by atoms with van der Waals surface area (Å²) in [7, 11) is -3.70. The summed E-state index contributed by atoms with van der Waals surface area (Å²) in [6.45, 7) is 9.72. The van der Waals surface area contributed by atoms with E-state index < -0.39 is 21.6 Å². The quantitative estimate of drug-likeness (QED) is 0.754. The normalized spacial score (nSPS) is 24.9. The van der Waals surface area contributed by atoms with Gasteiger partial charge in [-0.25, -0.2) is 8.42 Å². The number of alkyl halides is 2. The summed E-state index contributed by atoms with van der Waals surface area (Å²) in [5, 5.41) is 0. The van der Waals surface area contributed by atoms with Crippen molar-refractivity contribution in [2.24, 2.45) is 10.8 Å². The molecule has 3 aliphatic rings. The Kier molecular flexibility index (Phi) is 4.20. The van der Waals surface area contributed by atoms with Gasteiger partial charge in [0.2, 0.25) is 10.0 Å². The lowest BCUT2D eigenvalue weighted by Crippen LogP contribution is -2.73. The van der Waals surface area contributed by atoms with Crippen LogP contribution >= 0.6 is 0 Å². The molecule has 1 aromatic heterocycles. The molecular formula is C18H25F2N3O3S. The Hall–Kier alpha value is -1.16. The third kappa shape index (κ3) is 3.28. The maximum Gasteiger partial charge on any atom is 0.286 e. The number of likely N-dealkylation sites (tertiary alicyclic amines) is 1. The fraction of sp³-hybridized carbons (Fsp3) is 0.722. The summed E-state index contributed by atoms with van der Waals surface area (Å²) in [5.74, 6) is -3.09. The first kappa shape index (κ1) is 19.2. The molecule has 0 unspecified atom stereocenters. The largest absolute Gasteiger partial charge is 0.380 e. The molecule has 0 N–H and O–H groups in total. The van der Waals surface area contributed by atoms with Crippen LogP contribution < -0.4 is 0 Å². The van der Waals surface area contributed by atoms with Crippen molar-refractivity contribution in [3.8, 4) is 0 Å². The van der Waals surface area contributed by atoms with E-state index in [-0.39, 0.29) is 21.4 Å². The van der Waals surface area contributed by atoms with Gasteiger partial charge in [0.1, 0.15) is 10.6 Å². The zero-order valence-corrected chi connectivity index (χ0v) is 16.7. The standard InChI is InChI=1S/C18H25F2N3O3S/c1-13-14(4-5-15(21-13)17(3,19)20)27(24,25)23-9-18(10-23)7-22(8-18)6-16(2)11-26-12-16/h4-5H,6-12H2,1-3H3. The van der Waals surface area contributed by atoms with Crippen LogP contribution in [0.15, 0.2) is 17.0 Å². The number of nitrogens with zero attached hydrogens (tertiary/aromatic N) is 3. The molecule has 0 aliphatic carbocycles. The summed E-state index contributed by atoms with van der Waals surface area (Å²) >= 11 is 0. The average Bonchev–Trinajstić information content (AvgIpc) is 2.44. The molecule has 0 bridgehead atoms. The van der Waals surface area contributed by atoms with Crippen molar-refractivity contribution in [3.63, 3.8) is 0 Å². The van der Waals surface area contributed by atoms with Crippen LogP contribution in [0, 0.1) is 17.8 Å². The van der Waals surface area contributed by atoms with Gasteiger partial charge >= 0.3 is 0 Å². The van der Waals surface area contributed by atoms with Gasteiger partial charge in [0, 0.05) is 50.5 Å². The lowest BCUT2D eigenvalue weighted by Gasteiger charge is -2.61. The highest BCUT2D eigenvalue weighted by Gasteiger charge is 2.56. The highest BCUT2D eigenvalue weighted by molar-refractivity contribution is 7.89. The van der Waals surface area contributed by atoms with Crippen LogP contribution in [-0.4, -0.2) is 68.5 Å². The minimum Gasteiger partial charge on any atom is -0.380 e. The second kappa shape index (κ2) is 5.92. The van der Waals surface area contributed by atoms with Gasteiger partial charge in [0.15, 0.2) is 0 Å². The second-order valence-electron chi connectivity index (χ2n) is 8.89. The molecule has 9 heteroatoms. The van der Waals surface area contributed by atoms with Crippen molar-refractivity contribution in [3.05, 3.63) is 23.5 Å². The third-order valence-electron chi connectivity index (χ3n) is 5.75. The molecular weight excluding hydrogens is 376 g/mol. The molecule has 0 aromatic carbocycles. The third-order valence-corrected chi connectivity index (χ3v) is 7.68. The zero-order valence-electron chi connectivity index (χ0n) is 15.8. The van der Waals surface area contributed by atoms with E-state index >= 15 is 0 Å². The number of halogens is 2. The fourth-order valence-electron chi connectivity index (χ4n) is 4.37. The first-order valence-corrected chi connectivity index (χ1v) is 10.5. The van der Waals surface area contributed by atoms with Crippen molar-refractivity contribution >= 4 is 10.0 Å². The number of pyridine rings is 1. The smallest absolute Gasteiger partial charge is 0.286 e. The Bertz CT molecular complexity index is 851. The summed E-state index contributed by atoms with van der Waals surface area (Å²) in [6, 6.07) is 2.35. The number of rotatable bonds is 5. The van der Waals surface area contributed by atoms with E-state index in [0.717, 1.165) is 45.8 Å². The lowest BCUT2D eigenvalue weighted by molar-refractivity contribution is -0.153. The molecule has 1 aromatic rings. The average molecular weight is 401 g/mol. The van der Waals surface area contributed by atoms with Crippen LogP contribution in [0.4, 0.5) is 8.78 Å². The number of aromatic nitrogens is 1. The molecule has 0 saturated carbocycles. The number of aryl methyl sites for hydroxylation is 1.